The molecule has 1 aromatic rings. The number of amides is 1. The number of nitrogens with one attached hydrogen (secondary N) is 1. The average Bonchev–Trinajstić information content (AvgIpc) is 2.80. The second-order valence-electron chi connectivity index (χ2n) is 7.26. The highest BCUT2D eigenvalue weighted by atomic mass is 16.6. The maximum atomic E-state index is 12.0. The molecule has 124 valence electrons. The van der Waals surface area contributed by atoms with Gasteiger partial charge in [-0.2, -0.15) is 0 Å². The van der Waals surface area contributed by atoms with Crippen LogP contribution in [-0.2, 0) is 4.74 Å². The zero-order chi connectivity index (χ0) is 16.3. The van der Waals surface area contributed by atoms with Crippen LogP contribution >= 0.6 is 0 Å². The molecular formula is C17H29N3O2. The molecule has 22 heavy (non-hydrogen) atoms. The molecule has 1 unspecified atom stereocenters. The van der Waals surface area contributed by atoms with Crippen molar-refractivity contribution in [1.29, 1.82) is 0 Å². The molecule has 1 aromatic heterocycles. The number of hydrogen-bond acceptors (Lipinski definition) is 3. The molecule has 1 amide bonds. The van der Waals surface area contributed by atoms with Crippen LogP contribution in [-0.4, -0.2) is 21.2 Å². The lowest BCUT2D eigenvalue weighted by Crippen LogP contribution is -2.36. The lowest BCUT2D eigenvalue weighted by molar-refractivity contribution is 0.0499. The molecule has 1 heterocycles. The van der Waals surface area contributed by atoms with Gasteiger partial charge in [-0.05, 0) is 52.9 Å². The molecule has 0 spiro atoms. The van der Waals surface area contributed by atoms with Crippen molar-refractivity contribution in [3.05, 3.63) is 18.2 Å². The van der Waals surface area contributed by atoms with Crippen LogP contribution < -0.4 is 5.32 Å². The number of alkyl carbamates (subject to hydrolysis) is 1. The molecule has 5 heteroatoms. The Labute approximate surface area is 133 Å². The fraction of sp³-hybridized carbons (Fsp3) is 0.765. The van der Waals surface area contributed by atoms with Crippen LogP contribution in [0.5, 0.6) is 0 Å². The zero-order valence-electron chi connectivity index (χ0n) is 14.4. The standard InChI is InChI=1S/C17H29N3O2/c1-6-14(19-16(21)22-17(3,4)5)15-10-18-11-20(15)12(2)13-8-7-9-13/h10-14H,6-9H2,1-5H3,(H,19,21)/t12?,14-/m1/s1. The Morgan fingerprint density at radius 2 is 2.18 bits per heavy atom. The van der Waals surface area contributed by atoms with Crippen LogP contribution in [0.25, 0.3) is 0 Å². The summed E-state index contributed by atoms with van der Waals surface area (Å²) in [5.41, 5.74) is 0.578. The van der Waals surface area contributed by atoms with Crippen LogP contribution in [0.1, 0.15) is 78.1 Å². The fourth-order valence-corrected chi connectivity index (χ4v) is 2.91. The third-order valence-corrected chi connectivity index (χ3v) is 4.42. The van der Waals surface area contributed by atoms with Gasteiger partial charge in [0.2, 0.25) is 0 Å². The van der Waals surface area contributed by atoms with E-state index in [-0.39, 0.29) is 12.1 Å². The van der Waals surface area contributed by atoms with E-state index in [0.717, 1.165) is 18.0 Å². The van der Waals surface area contributed by atoms with Gasteiger partial charge in [-0.25, -0.2) is 9.78 Å². The second-order valence-corrected chi connectivity index (χ2v) is 7.26. The van der Waals surface area contributed by atoms with Crippen molar-refractivity contribution in [3.8, 4) is 0 Å². The SMILES string of the molecule is CC[C@@H](NC(=O)OC(C)(C)C)c1cncn1C(C)C1CCC1. The molecule has 1 aliphatic carbocycles. The largest absolute Gasteiger partial charge is 0.444 e. The summed E-state index contributed by atoms with van der Waals surface area (Å²) in [5, 5.41) is 2.97. The molecule has 1 fully saturated rings. The van der Waals surface area contributed by atoms with Gasteiger partial charge in [0.15, 0.2) is 0 Å². The van der Waals surface area contributed by atoms with Crippen molar-refractivity contribution in [3.63, 3.8) is 0 Å². The monoisotopic (exact) mass is 307 g/mol. The van der Waals surface area contributed by atoms with E-state index in [1.807, 2.05) is 33.3 Å². The average molecular weight is 307 g/mol. The van der Waals surface area contributed by atoms with Crippen molar-refractivity contribution in [2.45, 2.75) is 78.0 Å². The quantitative estimate of drug-likeness (QED) is 0.886. The van der Waals surface area contributed by atoms with E-state index in [1.165, 1.54) is 19.3 Å². The predicted octanol–water partition coefficient (Wildman–Crippen LogP) is 4.22. The molecule has 0 aliphatic heterocycles. The number of nitrogens with zero attached hydrogens (tertiary/aromatic N) is 2. The Hall–Kier alpha value is -1.52. The van der Waals surface area contributed by atoms with Crippen molar-refractivity contribution < 1.29 is 9.53 Å². The van der Waals surface area contributed by atoms with Crippen LogP contribution in [0.15, 0.2) is 12.5 Å². The highest BCUT2D eigenvalue weighted by Gasteiger charge is 2.28. The zero-order valence-corrected chi connectivity index (χ0v) is 14.4. The van der Waals surface area contributed by atoms with Gasteiger partial charge in [-0.3, -0.25) is 0 Å². The first-order chi connectivity index (χ1) is 10.3. The first-order valence-corrected chi connectivity index (χ1v) is 8.33. The topological polar surface area (TPSA) is 56.1 Å². The van der Waals surface area contributed by atoms with Crippen LogP contribution in [0.2, 0.25) is 0 Å². The van der Waals surface area contributed by atoms with E-state index < -0.39 is 5.60 Å². The number of rotatable bonds is 5. The molecule has 2 rings (SSSR count). The number of carbonyl (C=O) groups is 1. The lowest BCUT2D eigenvalue weighted by Gasteiger charge is -2.34. The van der Waals surface area contributed by atoms with Crippen LogP contribution in [0.3, 0.4) is 0 Å². The Kier molecular flexibility index (Phi) is 5.14. The van der Waals surface area contributed by atoms with Gasteiger partial charge in [0, 0.05) is 6.04 Å². The molecule has 5 nitrogen and oxygen atoms in total. The third-order valence-electron chi connectivity index (χ3n) is 4.42. The molecule has 1 saturated carbocycles. The number of imidazole rings is 1. The van der Waals surface area contributed by atoms with Crippen LogP contribution in [0.4, 0.5) is 4.79 Å². The van der Waals surface area contributed by atoms with E-state index in [0.29, 0.717) is 6.04 Å². The molecule has 0 radical (unpaired) electrons. The molecular weight excluding hydrogens is 278 g/mol. The smallest absolute Gasteiger partial charge is 0.408 e. The van der Waals surface area contributed by atoms with Crippen molar-refractivity contribution >= 4 is 6.09 Å². The van der Waals surface area contributed by atoms with E-state index in [2.05, 4.69) is 28.7 Å². The van der Waals surface area contributed by atoms with Crippen LogP contribution in [0, 0.1) is 5.92 Å². The minimum Gasteiger partial charge on any atom is -0.444 e. The van der Waals surface area contributed by atoms with Gasteiger partial charge >= 0.3 is 6.09 Å². The first-order valence-electron chi connectivity index (χ1n) is 8.33. The van der Waals surface area contributed by atoms with E-state index in [4.69, 9.17) is 4.74 Å². The van der Waals surface area contributed by atoms with Crippen molar-refractivity contribution in [2.24, 2.45) is 5.92 Å². The summed E-state index contributed by atoms with van der Waals surface area (Å²) in [6.07, 6.45) is 8.08. The summed E-state index contributed by atoms with van der Waals surface area (Å²) >= 11 is 0. The van der Waals surface area contributed by atoms with Gasteiger partial charge in [0.05, 0.1) is 24.3 Å². The Morgan fingerprint density at radius 1 is 1.50 bits per heavy atom. The highest BCUT2D eigenvalue weighted by Crippen LogP contribution is 2.37. The first kappa shape index (κ1) is 16.8. The Morgan fingerprint density at radius 3 is 2.68 bits per heavy atom. The number of carbonyl (C=O) groups excluding carboxylic acids is 1. The maximum absolute atomic E-state index is 12.0. The molecule has 2 atom stereocenters. The van der Waals surface area contributed by atoms with Gasteiger partial charge in [-0.15, -0.1) is 0 Å². The van der Waals surface area contributed by atoms with Gasteiger partial charge < -0.3 is 14.6 Å². The number of hydrogen-bond donors (Lipinski definition) is 1. The Balaban J connectivity index is 2.07. The number of aromatic nitrogens is 2. The van der Waals surface area contributed by atoms with Crippen molar-refractivity contribution in [2.75, 3.05) is 0 Å². The van der Waals surface area contributed by atoms with Gasteiger partial charge in [0.1, 0.15) is 5.60 Å². The summed E-state index contributed by atoms with van der Waals surface area (Å²) < 4.78 is 7.59. The Bertz CT molecular complexity index is 500. The van der Waals surface area contributed by atoms with E-state index in [9.17, 15) is 4.79 Å². The molecule has 0 bridgehead atoms. The normalized spacial score (nSPS) is 18.4. The number of ether oxygens (including phenoxy) is 1. The molecule has 0 saturated heterocycles. The minimum absolute atomic E-state index is 0.0696. The molecule has 1 N–H and O–H groups in total. The summed E-state index contributed by atoms with van der Waals surface area (Å²) in [7, 11) is 0. The van der Waals surface area contributed by atoms with Gasteiger partial charge in [0.25, 0.3) is 0 Å². The molecule has 0 aromatic carbocycles. The highest BCUT2D eigenvalue weighted by molar-refractivity contribution is 5.68. The summed E-state index contributed by atoms with van der Waals surface area (Å²) in [6.45, 7) is 9.92. The fourth-order valence-electron chi connectivity index (χ4n) is 2.91. The molecule has 1 aliphatic rings. The second kappa shape index (κ2) is 6.71. The third kappa shape index (κ3) is 4.02. The van der Waals surface area contributed by atoms with Gasteiger partial charge in [-0.1, -0.05) is 13.3 Å². The van der Waals surface area contributed by atoms with Crippen molar-refractivity contribution in [1.82, 2.24) is 14.9 Å². The van der Waals surface area contributed by atoms with E-state index in [1.54, 1.807) is 0 Å². The summed E-state index contributed by atoms with van der Waals surface area (Å²) in [5.74, 6) is 0.729. The lowest BCUT2D eigenvalue weighted by atomic mass is 9.80. The predicted molar refractivity (Wildman–Crippen MR) is 86.7 cm³/mol. The summed E-state index contributed by atoms with van der Waals surface area (Å²) in [4.78, 5) is 16.3. The maximum Gasteiger partial charge on any atom is 0.408 e. The summed E-state index contributed by atoms with van der Waals surface area (Å²) in [6, 6.07) is 0.362. The minimum atomic E-state index is -0.484. The van der Waals surface area contributed by atoms with E-state index >= 15 is 0 Å².